The van der Waals surface area contributed by atoms with E-state index in [9.17, 15) is 9.59 Å². The minimum absolute atomic E-state index is 0.129. The molecule has 3 N–H and O–H groups in total. The van der Waals surface area contributed by atoms with Gasteiger partial charge in [0, 0.05) is 13.7 Å². The lowest BCUT2D eigenvalue weighted by molar-refractivity contribution is -0.141. The van der Waals surface area contributed by atoms with Crippen molar-refractivity contribution in [3.63, 3.8) is 0 Å². The van der Waals surface area contributed by atoms with Crippen LogP contribution in [-0.2, 0) is 19.1 Å². The average Bonchev–Trinajstić information content (AvgIpc) is 2.22. The van der Waals surface area contributed by atoms with E-state index in [0.29, 0.717) is 0 Å². The van der Waals surface area contributed by atoms with Gasteiger partial charge < -0.3 is 20.5 Å². The van der Waals surface area contributed by atoms with E-state index in [1.54, 1.807) is 0 Å². The lowest BCUT2D eigenvalue weighted by Crippen LogP contribution is -2.35. The van der Waals surface area contributed by atoms with Crippen LogP contribution in [0.2, 0.25) is 0 Å². The standard InChI is InChI=1S/C8H16N2O4/c1-13-6(4-9)3-7(11)10-5-8(12)14-2/h6H,3-5,9H2,1-2H3,(H,10,11). The van der Waals surface area contributed by atoms with Gasteiger partial charge >= 0.3 is 5.97 Å². The number of hydrogen-bond donors (Lipinski definition) is 2. The van der Waals surface area contributed by atoms with Crippen LogP contribution in [0.15, 0.2) is 0 Å². The van der Waals surface area contributed by atoms with Crippen LogP contribution in [0.1, 0.15) is 6.42 Å². The van der Waals surface area contributed by atoms with Crippen LogP contribution in [0, 0.1) is 0 Å². The Balaban J connectivity index is 3.69. The van der Waals surface area contributed by atoms with Gasteiger partial charge in [-0.15, -0.1) is 0 Å². The highest BCUT2D eigenvalue weighted by molar-refractivity contribution is 5.82. The van der Waals surface area contributed by atoms with Gasteiger partial charge in [-0.05, 0) is 0 Å². The van der Waals surface area contributed by atoms with Crippen LogP contribution in [0.25, 0.3) is 0 Å². The first-order valence-electron chi connectivity index (χ1n) is 4.20. The summed E-state index contributed by atoms with van der Waals surface area (Å²) in [5.41, 5.74) is 5.32. The van der Waals surface area contributed by atoms with E-state index in [1.165, 1.54) is 14.2 Å². The molecule has 0 spiro atoms. The molecule has 6 nitrogen and oxygen atoms in total. The molecule has 14 heavy (non-hydrogen) atoms. The van der Waals surface area contributed by atoms with Gasteiger partial charge in [0.2, 0.25) is 5.91 Å². The molecule has 0 aromatic rings. The number of nitrogens with two attached hydrogens (primary N) is 1. The molecule has 1 amide bonds. The number of carbonyl (C=O) groups is 2. The van der Waals surface area contributed by atoms with Gasteiger partial charge in [0.05, 0.1) is 19.6 Å². The van der Waals surface area contributed by atoms with Crippen LogP contribution in [0.3, 0.4) is 0 Å². The Kier molecular flexibility index (Phi) is 6.69. The lowest BCUT2D eigenvalue weighted by atomic mass is 10.2. The largest absolute Gasteiger partial charge is 0.468 e. The lowest BCUT2D eigenvalue weighted by Gasteiger charge is -2.11. The van der Waals surface area contributed by atoms with Crippen LogP contribution < -0.4 is 11.1 Å². The fraction of sp³-hybridized carbons (Fsp3) is 0.750. The van der Waals surface area contributed by atoms with E-state index >= 15 is 0 Å². The Morgan fingerprint density at radius 3 is 2.50 bits per heavy atom. The molecule has 1 atom stereocenters. The zero-order valence-corrected chi connectivity index (χ0v) is 8.41. The normalized spacial score (nSPS) is 11.9. The van der Waals surface area contributed by atoms with Crippen LogP contribution in [0.5, 0.6) is 0 Å². The van der Waals surface area contributed by atoms with Crippen molar-refractivity contribution in [1.29, 1.82) is 0 Å². The van der Waals surface area contributed by atoms with Crippen LogP contribution in [0.4, 0.5) is 0 Å². The Hall–Kier alpha value is -1.14. The van der Waals surface area contributed by atoms with Crippen molar-refractivity contribution in [2.24, 2.45) is 5.73 Å². The zero-order valence-electron chi connectivity index (χ0n) is 8.41. The molecule has 82 valence electrons. The number of rotatable bonds is 6. The quantitative estimate of drug-likeness (QED) is 0.521. The maximum Gasteiger partial charge on any atom is 0.325 e. The van der Waals surface area contributed by atoms with Crippen molar-refractivity contribution in [3.8, 4) is 0 Å². The Labute approximate surface area is 82.7 Å². The zero-order chi connectivity index (χ0) is 11.0. The molecule has 0 heterocycles. The summed E-state index contributed by atoms with van der Waals surface area (Å²) >= 11 is 0. The fourth-order valence-corrected chi connectivity index (χ4v) is 0.785. The summed E-state index contributed by atoms with van der Waals surface area (Å²) in [6.45, 7) is 0.137. The third kappa shape index (κ3) is 5.50. The van der Waals surface area contributed by atoms with Gasteiger partial charge in [-0.2, -0.15) is 0 Å². The van der Waals surface area contributed by atoms with Crippen LogP contribution >= 0.6 is 0 Å². The molecule has 0 saturated carbocycles. The predicted octanol–water partition coefficient (Wildman–Crippen LogP) is -1.36. The minimum Gasteiger partial charge on any atom is -0.468 e. The molecule has 0 rings (SSSR count). The van der Waals surface area contributed by atoms with E-state index in [1.807, 2.05) is 0 Å². The number of methoxy groups -OCH3 is 2. The molecule has 0 bridgehead atoms. The van der Waals surface area contributed by atoms with Crippen molar-refractivity contribution < 1.29 is 19.1 Å². The third-order valence-electron chi connectivity index (χ3n) is 1.67. The van der Waals surface area contributed by atoms with E-state index in [0.717, 1.165) is 0 Å². The second kappa shape index (κ2) is 7.28. The van der Waals surface area contributed by atoms with Gasteiger partial charge in [-0.25, -0.2) is 0 Å². The Morgan fingerprint density at radius 2 is 2.07 bits per heavy atom. The molecule has 0 aliphatic carbocycles. The number of carbonyl (C=O) groups excluding carboxylic acids is 2. The molecular formula is C8H16N2O4. The van der Waals surface area contributed by atoms with E-state index in [4.69, 9.17) is 10.5 Å². The highest BCUT2D eigenvalue weighted by atomic mass is 16.5. The van der Waals surface area contributed by atoms with E-state index in [-0.39, 0.29) is 31.5 Å². The first-order valence-corrected chi connectivity index (χ1v) is 4.20. The number of esters is 1. The highest BCUT2D eigenvalue weighted by Gasteiger charge is 2.11. The summed E-state index contributed by atoms with van der Waals surface area (Å²) < 4.78 is 9.25. The van der Waals surface area contributed by atoms with E-state index in [2.05, 4.69) is 10.1 Å². The summed E-state index contributed by atoms with van der Waals surface area (Å²) in [4.78, 5) is 21.8. The second-order valence-corrected chi connectivity index (χ2v) is 2.65. The maximum absolute atomic E-state index is 11.1. The van der Waals surface area contributed by atoms with Crippen molar-refractivity contribution in [2.75, 3.05) is 27.3 Å². The summed E-state index contributed by atoms with van der Waals surface area (Å²) in [5.74, 6) is -0.771. The van der Waals surface area contributed by atoms with Crippen molar-refractivity contribution in [1.82, 2.24) is 5.32 Å². The smallest absolute Gasteiger partial charge is 0.325 e. The molecule has 0 aliphatic heterocycles. The fourth-order valence-electron chi connectivity index (χ4n) is 0.785. The molecular weight excluding hydrogens is 188 g/mol. The predicted molar refractivity (Wildman–Crippen MR) is 49.5 cm³/mol. The molecule has 0 fully saturated rings. The van der Waals surface area contributed by atoms with Gasteiger partial charge in [0.1, 0.15) is 6.54 Å². The monoisotopic (exact) mass is 204 g/mol. The molecule has 0 radical (unpaired) electrons. The van der Waals surface area contributed by atoms with E-state index < -0.39 is 5.97 Å². The molecule has 0 aliphatic rings. The number of amides is 1. The SMILES string of the molecule is COC(=O)CNC(=O)CC(CN)OC. The molecule has 0 saturated heterocycles. The summed E-state index contributed by atoms with van der Waals surface area (Å²) in [7, 11) is 2.73. The van der Waals surface area contributed by atoms with Crippen molar-refractivity contribution in [3.05, 3.63) is 0 Å². The number of hydrogen-bond acceptors (Lipinski definition) is 5. The average molecular weight is 204 g/mol. The first kappa shape index (κ1) is 12.9. The van der Waals surface area contributed by atoms with Crippen LogP contribution in [-0.4, -0.2) is 45.3 Å². The van der Waals surface area contributed by atoms with Crippen molar-refractivity contribution >= 4 is 11.9 Å². The third-order valence-corrected chi connectivity index (χ3v) is 1.67. The molecule has 0 aromatic carbocycles. The van der Waals surface area contributed by atoms with Crippen molar-refractivity contribution in [2.45, 2.75) is 12.5 Å². The first-order chi connectivity index (χ1) is 6.63. The Morgan fingerprint density at radius 1 is 1.43 bits per heavy atom. The van der Waals surface area contributed by atoms with Gasteiger partial charge in [-0.3, -0.25) is 9.59 Å². The number of nitrogens with one attached hydrogen (secondary N) is 1. The molecule has 6 heteroatoms. The molecule has 0 aromatic heterocycles. The number of ether oxygens (including phenoxy) is 2. The van der Waals surface area contributed by atoms with Gasteiger partial charge in [0.15, 0.2) is 0 Å². The minimum atomic E-state index is -0.486. The van der Waals surface area contributed by atoms with Gasteiger partial charge in [-0.1, -0.05) is 0 Å². The topological polar surface area (TPSA) is 90.7 Å². The highest BCUT2D eigenvalue weighted by Crippen LogP contribution is 1.93. The molecule has 1 unspecified atom stereocenters. The summed E-state index contributed by atoms with van der Waals surface area (Å²) in [5, 5.41) is 2.38. The second-order valence-electron chi connectivity index (χ2n) is 2.65. The summed E-state index contributed by atoms with van der Waals surface area (Å²) in [6.07, 6.45) is -0.170. The summed E-state index contributed by atoms with van der Waals surface area (Å²) in [6, 6.07) is 0. The van der Waals surface area contributed by atoms with Gasteiger partial charge in [0.25, 0.3) is 0 Å². The Bertz CT molecular complexity index is 192. The maximum atomic E-state index is 11.1.